The molecular formula is C47H64N4O12. The summed E-state index contributed by atoms with van der Waals surface area (Å²) in [6.07, 6.45) is 9.75. The number of esters is 1. The lowest BCUT2D eigenvalue weighted by Crippen LogP contribution is -2.47. The number of hydrazone groups is 1. The maximum absolute atomic E-state index is 14.5. The fourth-order valence-electron chi connectivity index (χ4n) is 9.47. The van der Waals surface area contributed by atoms with Crippen molar-refractivity contribution in [3.8, 4) is 23.0 Å². The first-order valence-corrected chi connectivity index (χ1v) is 21.9. The number of benzene rings is 2. The molecule has 1 amide bonds. The van der Waals surface area contributed by atoms with E-state index in [0.29, 0.717) is 19.1 Å². The Balaban J connectivity index is 1.47. The topological polar surface area (TPSA) is 220 Å². The van der Waals surface area contributed by atoms with E-state index in [1.807, 2.05) is 5.01 Å². The number of Topliss-reactive ketones (excluding diaryl/α,β-unsaturated/α-hetero) is 1. The molecule has 5 aliphatic rings. The van der Waals surface area contributed by atoms with Crippen molar-refractivity contribution in [2.24, 2.45) is 28.8 Å². The Hall–Kier alpha value is -5.16. The zero-order valence-electron chi connectivity index (χ0n) is 37.8. The number of carbonyl (C=O) groups excluding carboxylic acids is 3. The highest BCUT2D eigenvalue weighted by Crippen LogP contribution is 2.55. The smallest absolute Gasteiger partial charge is 0.312 e. The van der Waals surface area contributed by atoms with Crippen molar-refractivity contribution in [3.05, 3.63) is 52.8 Å². The van der Waals surface area contributed by atoms with E-state index >= 15 is 0 Å². The number of carbonyl (C=O) groups is 3. The summed E-state index contributed by atoms with van der Waals surface area (Å²) in [5, 5.41) is 67.6. The summed E-state index contributed by atoms with van der Waals surface area (Å²) in [6, 6.07) is 0.553. The van der Waals surface area contributed by atoms with E-state index < -0.39 is 88.8 Å². The second-order valence-electron chi connectivity index (χ2n) is 17.8. The van der Waals surface area contributed by atoms with E-state index in [4.69, 9.17) is 18.9 Å². The van der Waals surface area contributed by atoms with Crippen LogP contribution in [0.3, 0.4) is 0 Å². The lowest BCUT2D eigenvalue weighted by Gasteiger charge is -2.38. The van der Waals surface area contributed by atoms with Gasteiger partial charge in [-0.2, -0.15) is 5.10 Å². The van der Waals surface area contributed by atoms with Crippen LogP contribution in [0, 0.1) is 30.6 Å². The number of rotatable bonds is 5. The van der Waals surface area contributed by atoms with Crippen LogP contribution in [0.2, 0.25) is 0 Å². The molecule has 9 atom stereocenters. The van der Waals surface area contributed by atoms with Gasteiger partial charge in [0.05, 0.1) is 53.0 Å². The molecule has 16 nitrogen and oxygen atoms in total. The number of aliphatic hydroxyl groups is 2. The van der Waals surface area contributed by atoms with E-state index in [1.165, 1.54) is 85.1 Å². The maximum Gasteiger partial charge on any atom is 0.312 e. The highest BCUT2D eigenvalue weighted by atomic mass is 16.7. The summed E-state index contributed by atoms with van der Waals surface area (Å²) in [4.78, 5) is 43.2. The van der Waals surface area contributed by atoms with Crippen molar-refractivity contribution < 1.29 is 58.9 Å². The molecule has 4 aliphatic heterocycles. The number of ether oxygens (including phenoxy) is 4. The molecule has 1 saturated heterocycles. The van der Waals surface area contributed by atoms with Crippen LogP contribution in [0.1, 0.15) is 95.6 Å². The SMILES string of the molecule is COC1C=CO[C@@]2(C)Oc3c(C)c(O)c4c(O)c(c(C=NN5CCN(C6CCCC6)CC5)c(O)c4c3C2=O)NC(=O)C(C)=CC=C[C@H](C)[C@H](O)[C@@H](C)C(O)[C@@H](C)C(OC(C)=O)[C@@H]1C. The number of allylic oxidation sites excluding steroid dienone is 2. The Morgan fingerprint density at radius 2 is 1.59 bits per heavy atom. The summed E-state index contributed by atoms with van der Waals surface area (Å²) in [5.74, 6) is -8.28. The van der Waals surface area contributed by atoms with Crippen molar-refractivity contribution in [1.82, 2.24) is 9.91 Å². The zero-order valence-corrected chi connectivity index (χ0v) is 37.8. The van der Waals surface area contributed by atoms with Crippen molar-refractivity contribution in [2.45, 2.75) is 117 Å². The number of phenolic OH excluding ortho intramolecular Hbond substituents is 3. The minimum absolute atomic E-state index is 0.0631. The first kappa shape index (κ1) is 47.3. The number of amides is 1. The number of aromatic hydroxyl groups is 3. The molecule has 5 bridgehead atoms. The lowest BCUT2D eigenvalue weighted by atomic mass is 9.78. The fraction of sp³-hybridized carbons (Fsp3) is 0.574. The highest BCUT2D eigenvalue weighted by molar-refractivity contribution is 6.23. The van der Waals surface area contributed by atoms with Gasteiger partial charge in [-0.3, -0.25) is 24.3 Å². The Bertz CT molecular complexity index is 2190. The standard InChI is InChI=1S/C47H64N4O12/c1-24-13-12-14-25(2)46(59)49-37-32(23-48-51-20-18-50(19-21-51)31-15-10-11-16-31)41(56)34-35(42(37)57)40(55)29(6)44-36(34)45(58)47(8,63-44)61-22-17-33(60-9)26(3)43(62-30(7)52)28(5)39(54)27(4)38(24)53/h12-14,17,22-24,26-28,31,33,38-39,43,53-57H,10-11,15-16,18-21H2,1-9H3,(H,49,59)/t24-,26+,27+,28+,33?,38-,39?,43?,47-/m0/s1. The van der Waals surface area contributed by atoms with Crippen LogP contribution >= 0.6 is 0 Å². The number of hydrogen-bond donors (Lipinski definition) is 6. The van der Waals surface area contributed by atoms with Gasteiger partial charge in [-0.15, -0.1) is 0 Å². The van der Waals surface area contributed by atoms with Gasteiger partial charge in [0, 0.05) is 93.4 Å². The van der Waals surface area contributed by atoms with Crippen molar-refractivity contribution in [1.29, 1.82) is 0 Å². The number of piperazine rings is 1. The first-order valence-electron chi connectivity index (χ1n) is 21.9. The molecule has 344 valence electrons. The Morgan fingerprint density at radius 1 is 0.921 bits per heavy atom. The summed E-state index contributed by atoms with van der Waals surface area (Å²) < 4.78 is 23.7. The van der Waals surface area contributed by atoms with Gasteiger partial charge in [-0.05, 0) is 32.8 Å². The molecule has 3 unspecified atom stereocenters. The molecule has 4 heterocycles. The molecule has 2 aromatic carbocycles. The van der Waals surface area contributed by atoms with Gasteiger partial charge >= 0.3 is 11.8 Å². The minimum atomic E-state index is -2.04. The highest BCUT2D eigenvalue weighted by Gasteiger charge is 2.50. The number of nitrogens with one attached hydrogen (secondary N) is 1. The summed E-state index contributed by atoms with van der Waals surface area (Å²) in [5.41, 5.74) is -0.293. The summed E-state index contributed by atoms with van der Waals surface area (Å²) in [6.45, 7) is 15.4. The molecule has 0 spiro atoms. The molecule has 0 aromatic heterocycles. The van der Waals surface area contributed by atoms with Crippen molar-refractivity contribution in [2.75, 3.05) is 38.6 Å². The number of fused-ring (bicyclic) bond motifs is 14. The number of nitrogens with zero attached hydrogens (tertiary/aromatic N) is 3. The molecular weight excluding hydrogens is 813 g/mol. The van der Waals surface area contributed by atoms with Crippen LogP contribution in [-0.4, -0.2) is 129 Å². The van der Waals surface area contributed by atoms with Gasteiger partial charge in [-0.1, -0.05) is 58.8 Å². The van der Waals surface area contributed by atoms with Crippen LogP contribution < -0.4 is 10.1 Å². The van der Waals surface area contributed by atoms with Gasteiger partial charge in [0.1, 0.15) is 23.4 Å². The van der Waals surface area contributed by atoms with Crippen LogP contribution in [0.4, 0.5) is 5.69 Å². The van der Waals surface area contributed by atoms with E-state index in [0.717, 1.165) is 13.1 Å². The third-order valence-electron chi connectivity index (χ3n) is 13.5. The lowest BCUT2D eigenvalue weighted by molar-refractivity contribution is -0.160. The second-order valence-corrected chi connectivity index (χ2v) is 17.8. The number of ketones is 1. The van der Waals surface area contributed by atoms with E-state index in [-0.39, 0.29) is 44.5 Å². The van der Waals surface area contributed by atoms with E-state index in [9.17, 15) is 39.9 Å². The average Bonchev–Trinajstić information content (AvgIpc) is 3.89. The van der Waals surface area contributed by atoms with Gasteiger partial charge < -0.3 is 49.8 Å². The number of methoxy groups -OCH3 is 1. The summed E-state index contributed by atoms with van der Waals surface area (Å²) in [7, 11) is 1.44. The molecule has 63 heavy (non-hydrogen) atoms. The molecule has 0 radical (unpaired) electrons. The minimum Gasteiger partial charge on any atom is -0.507 e. The predicted molar refractivity (Wildman–Crippen MR) is 237 cm³/mol. The molecule has 1 saturated carbocycles. The summed E-state index contributed by atoms with van der Waals surface area (Å²) >= 11 is 0. The molecule has 1 aliphatic carbocycles. The number of phenols is 3. The van der Waals surface area contributed by atoms with E-state index in [1.54, 1.807) is 39.8 Å². The Morgan fingerprint density at radius 3 is 2.22 bits per heavy atom. The monoisotopic (exact) mass is 876 g/mol. The predicted octanol–water partition coefficient (Wildman–Crippen LogP) is 5.65. The number of anilines is 1. The molecule has 7 rings (SSSR count). The first-order chi connectivity index (χ1) is 29.8. The Labute approximate surface area is 368 Å². The van der Waals surface area contributed by atoms with Gasteiger partial charge in [0.15, 0.2) is 5.75 Å². The van der Waals surface area contributed by atoms with Crippen molar-refractivity contribution >= 4 is 40.3 Å². The molecule has 2 aromatic rings. The molecule has 16 heteroatoms. The third kappa shape index (κ3) is 9.40. The van der Waals surface area contributed by atoms with Crippen LogP contribution in [0.15, 0.2) is 41.2 Å². The van der Waals surface area contributed by atoms with Crippen LogP contribution in [-0.2, 0) is 23.8 Å². The zero-order chi connectivity index (χ0) is 46.1. The van der Waals surface area contributed by atoms with Gasteiger partial charge in [0.25, 0.3) is 11.7 Å². The van der Waals surface area contributed by atoms with E-state index in [2.05, 4.69) is 15.3 Å². The fourth-order valence-corrected chi connectivity index (χ4v) is 9.47. The quantitative estimate of drug-likeness (QED) is 0.0926. The molecule has 2 fully saturated rings. The normalized spacial score (nSPS) is 30.5. The third-order valence-corrected chi connectivity index (χ3v) is 13.5. The number of aliphatic hydroxyl groups excluding tert-OH is 2. The van der Waals surface area contributed by atoms with Crippen LogP contribution in [0.5, 0.6) is 23.0 Å². The average molecular weight is 877 g/mol. The molecule has 6 N–H and O–H groups in total. The van der Waals surface area contributed by atoms with Gasteiger partial charge in [0.2, 0.25) is 0 Å². The Kier molecular flexibility index (Phi) is 14.5. The number of hydrogen-bond acceptors (Lipinski definition) is 15. The van der Waals surface area contributed by atoms with Crippen molar-refractivity contribution in [3.63, 3.8) is 0 Å². The van der Waals surface area contributed by atoms with Crippen LogP contribution in [0.25, 0.3) is 10.8 Å². The largest absolute Gasteiger partial charge is 0.507 e. The van der Waals surface area contributed by atoms with Gasteiger partial charge in [-0.25, -0.2) is 0 Å². The second kappa shape index (κ2) is 19.3. The maximum atomic E-state index is 14.5.